The number of amides is 3. The lowest BCUT2D eigenvalue weighted by atomic mass is 9.76. The van der Waals surface area contributed by atoms with Crippen LogP contribution in [0.1, 0.15) is 128 Å². The molecular weight excluding hydrogens is 761 g/mol. The molecule has 61 heavy (non-hydrogen) atoms. The highest BCUT2D eigenvalue weighted by Gasteiger charge is 2.40. The molecule has 3 aromatic carbocycles. The molecule has 10 nitrogen and oxygen atoms in total. The Bertz CT molecular complexity index is 2360. The van der Waals surface area contributed by atoms with Crippen LogP contribution in [0.4, 0.5) is 5.69 Å². The first-order valence-corrected chi connectivity index (χ1v) is 22.5. The van der Waals surface area contributed by atoms with Gasteiger partial charge in [-0.15, -0.1) is 0 Å². The zero-order valence-corrected chi connectivity index (χ0v) is 36.9. The van der Waals surface area contributed by atoms with E-state index in [1.807, 2.05) is 44.7 Å². The molecule has 0 spiro atoms. The summed E-state index contributed by atoms with van der Waals surface area (Å²) in [6.45, 7) is 13.7. The van der Waals surface area contributed by atoms with Crippen LogP contribution < -0.4 is 10.6 Å². The lowest BCUT2D eigenvalue weighted by Gasteiger charge is -2.31. The molecule has 7 rings (SSSR count). The number of nitrogens with one attached hydrogen (secondary N) is 3. The monoisotopic (exact) mass is 822 g/mol. The van der Waals surface area contributed by atoms with Crippen molar-refractivity contribution in [1.82, 2.24) is 25.5 Å². The van der Waals surface area contributed by atoms with Crippen LogP contribution in [-0.2, 0) is 25.6 Å². The largest absolute Gasteiger partial charge is 0.346 e. The number of aryl methyl sites for hydroxylation is 1. The summed E-state index contributed by atoms with van der Waals surface area (Å²) in [4.78, 5) is 67.1. The van der Waals surface area contributed by atoms with Gasteiger partial charge in [-0.1, -0.05) is 77.5 Å². The third-order valence-corrected chi connectivity index (χ3v) is 13.1. The van der Waals surface area contributed by atoms with E-state index in [0.29, 0.717) is 6.54 Å². The van der Waals surface area contributed by atoms with Gasteiger partial charge < -0.3 is 20.5 Å². The maximum absolute atomic E-state index is 13.8. The van der Waals surface area contributed by atoms with Crippen molar-refractivity contribution in [2.24, 2.45) is 28.7 Å². The summed E-state index contributed by atoms with van der Waals surface area (Å²) < 4.78 is 0. The minimum Gasteiger partial charge on any atom is -0.346 e. The van der Waals surface area contributed by atoms with Crippen LogP contribution in [0.25, 0.3) is 22.2 Å². The van der Waals surface area contributed by atoms with Crippen molar-refractivity contribution in [1.29, 1.82) is 0 Å². The zero-order valence-electron chi connectivity index (χ0n) is 36.9. The van der Waals surface area contributed by atoms with E-state index < -0.39 is 12.1 Å². The number of aromatic amines is 1. The highest BCUT2D eigenvalue weighted by atomic mass is 16.2. The highest BCUT2D eigenvalue weighted by Crippen LogP contribution is 2.41. The summed E-state index contributed by atoms with van der Waals surface area (Å²) in [5.74, 6) is 7.48. The molecule has 0 bridgehead atoms. The number of imidazole rings is 1. The van der Waals surface area contributed by atoms with Crippen LogP contribution in [-0.4, -0.2) is 68.8 Å². The Balaban J connectivity index is 1.03. The van der Waals surface area contributed by atoms with Crippen molar-refractivity contribution in [2.45, 2.75) is 130 Å². The van der Waals surface area contributed by atoms with E-state index in [2.05, 4.69) is 82.9 Å². The molecule has 1 aromatic heterocycles. The number of carbonyl (C=O) groups excluding carboxylic acids is 4. The van der Waals surface area contributed by atoms with Crippen LogP contribution >= 0.6 is 0 Å². The number of benzene rings is 3. The van der Waals surface area contributed by atoms with Gasteiger partial charge in [-0.05, 0) is 122 Å². The number of rotatable bonds is 10. The minimum atomic E-state index is -0.533. The molecule has 2 fully saturated rings. The number of hydrogen-bond acceptors (Lipinski definition) is 6. The van der Waals surface area contributed by atoms with E-state index in [-0.39, 0.29) is 59.1 Å². The quantitative estimate of drug-likeness (QED) is 0.109. The molecular formula is C51H62N6O4. The second kappa shape index (κ2) is 19.0. The predicted octanol–water partition coefficient (Wildman–Crippen LogP) is 8.83. The lowest BCUT2D eigenvalue weighted by Crippen LogP contribution is -2.53. The van der Waals surface area contributed by atoms with Gasteiger partial charge in [0.05, 0.1) is 28.8 Å². The molecule has 4 aromatic rings. The third kappa shape index (κ3) is 9.99. The molecule has 3 amide bonds. The first-order chi connectivity index (χ1) is 29.3. The first-order valence-electron chi connectivity index (χ1n) is 22.5. The topological polar surface area (TPSA) is 137 Å². The lowest BCUT2D eigenvalue weighted by molar-refractivity contribution is -0.137. The van der Waals surface area contributed by atoms with Crippen molar-refractivity contribution in [2.75, 3.05) is 6.54 Å². The number of aromatic nitrogens is 2. The Kier molecular flexibility index (Phi) is 13.6. The number of H-pyrrole nitrogens is 1. The summed E-state index contributed by atoms with van der Waals surface area (Å²) in [5, 5.41) is 5.80. The van der Waals surface area contributed by atoms with Gasteiger partial charge in [-0.2, -0.15) is 0 Å². The van der Waals surface area contributed by atoms with Gasteiger partial charge in [0.2, 0.25) is 17.7 Å². The van der Waals surface area contributed by atoms with E-state index in [9.17, 15) is 19.2 Å². The molecule has 0 radical (unpaired) electrons. The molecule has 3 aliphatic rings. The van der Waals surface area contributed by atoms with Crippen LogP contribution in [0, 0.1) is 35.5 Å². The average Bonchev–Trinajstić information content (AvgIpc) is 3.78. The van der Waals surface area contributed by atoms with Crippen molar-refractivity contribution in [3.05, 3.63) is 83.2 Å². The number of nitrogens with zero attached hydrogens (tertiary/aromatic N) is 3. The highest BCUT2D eigenvalue weighted by molar-refractivity contribution is 5.97. The van der Waals surface area contributed by atoms with E-state index in [1.54, 1.807) is 0 Å². The van der Waals surface area contributed by atoms with Crippen LogP contribution in [0.15, 0.2) is 65.7 Å². The molecule has 2 aliphatic heterocycles. The number of carbonyl (C=O) groups is 4. The summed E-state index contributed by atoms with van der Waals surface area (Å²) in [5.41, 5.74) is 9.15. The Hall–Kier alpha value is -5.56. The van der Waals surface area contributed by atoms with Gasteiger partial charge in [0.25, 0.3) is 0 Å². The molecule has 1 aliphatic carbocycles. The molecule has 6 atom stereocenters. The summed E-state index contributed by atoms with van der Waals surface area (Å²) >= 11 is 0. The smallest absolute Gasteiger partial charge is 0.245 e. The standard InChI is InChI=1S/C51H62N6O4/c1-30(2)47(52-33(6)58)49(60)40-13-8-9-14-41(32(40)5)50-55-43-25-21-36(28-45(43)56-50)18-17-35-19-22-37(23-20-35)38-24-26-42-39(29-38)12-10-15-44(54-42)46-16-11-27-57(46)51(61)48(31(3)4)53-34(7)59/h19-26,28-32,40-41,46-48H,8-16,27H2,1-7H3,(H,52,58)(H,53,59)(H,55,56). The van der Waals surface area contributed by atoms with E-state index in [0.717, 1.165) is 108 Å². The summed E-state index contributed by atoms with van der Waals surface area (Å²) in [6, 6.07) is 19.9. The number of Topliss-reactive ketones (excluding diaryl/α,β-unsaturated/α-hetero) is 1. The number of ketones is 1. The second-order valence-corrected chi connectivity index (χ2v) is 18.3. The van der Waals surface area contributed by atoms with Crippen LogP contribution in [0.5, 0.6) is 0 Å². The number of aliphatic imine (C=N–C) groups is 1. The molecule has 1 saturated heterocycles. The average molecular weight is 823 g/mol. The maximum Gasteiger partial charge on any atom is 0.245 e. The maximum atomic E-state index is 13.8. The molecule has 1 saturated carbocycles. The van der Waals surface area contributed by atoms with Gasteiger partial charge in [-0.25, -0.2) is 4.98 Å². The van der Waals surface area contributed by atoms with Crippen molar-refractivity contribution in [3.63, 3.8) is 0 Å². The SMILES string of the molecule is CC(=O)NC(C(=O)C1CCCCC(c2nc3ccc(C#Cc4ccc(-c5ccc6c(c5)CCCC(C5CCCN5C(=O)C(NC(C)=O)C(C)C)=N6)cc4)cc3[nH]2)C1C)C(C)C. The van der Waals surface area contributed by atoms with Gasteiger partial charge in [0, 0.05) is 49.1 Å². The molecule has 320 valence electrons. The van der Waals surface area contributed by atoms with E-state index in [1.165, 1.54) is 19.4 Å². The zero-order chi connectivity index (χ0) is 43.4. The minimum absolute atomic E-state index is 0.000298. The van der Waals surface area contributed by atoms with Gasteiger partial charge >= 0.3 is 0 Å². The molecule has 3 N–H and O–H groups in total. The normalized spacial score (nSPS) is 21.4. The molecule has 10 heteroatoms. The van der Waals surface area contributed by atoms with E-state index >= 15 is 0 Å². The third-order valence-electron chi connectivity index (χ3n) is 13.1. The van der Waals surface area contributed by atoms with E-state index in [4.69, 9.17) is 9.98 Å². The van der Waals surface area contributed by atoms with Crippen LogP contribution in [0.2, 0.25) is 0 Å². The Morgan fingerprint density at radius 3 is 2.15 bits per heavy atom. The fraction of sp³-hybridized carbons (Fsp3) is 0.490. The predicted molar refractivity (Wildman–Crippen MR) is 242 cm³/mol. The number of fused-ring (bicyclic) bond motifs is 2. The Morgan fingerprint density at radius 1 is 0.754 bits per heavy atom. The first kappa shape index (κ1) is 43.5. The Labute approximate surface area is 361 Å². The molecule has 3 heterocycles. The summed E-state index contributed by atoms with van der Waals surface area (Å²) in [7, 11) is 0. The Morgan fingerprint density at radius 2 is 1.43 bits per heavy atom. The number of hydrogen-bond donors (Lipinski definition) is 3. The second-order valence-electron chi connectivity index (χ2n) is 18.3. The number of likely N-dealkylation sites (tertiary alicyclic amines) is 1. The molecule has 6 unspecified atom stereocenters. The van der Waals surface area contributed by atoms with Crippen molar-refractivity contribution in [3.8, 4) is 23.0 Å². The summed E-state index contributed by atoms with van der Waals surface area (Å²) in [6.07, 6.45) is 8.37. The van der Waals surface area contributed by atoms with Gasteiger partial charge in [0.1, 0.15) is 11.9 Å². The van der Waals surface area contributed by atoms with Crippen molar-refractivity contribution >= 4 is 45.9 Å². The fourth-order valence-electron chi connectivity index (χ4n) is 9.79. The fourth-order valence-corrected chi connectivity index (χ4v) is 9.79. The van der Waals surface area contributed by atoms with Crippen molar-refractivity contribution < 1.29 is 19.2 Å². The van der Waals surface area contributed by atoms with Gasteiger partial charge in [-0.3, -0.25) is 24.2 Å². The van der Waals surface area contributed by atoms with Crippen LogP contribution in [0.3, 0.4) is 0 Å². The van der Waals surface area contributed by atoms with Gasteiger partial charge in [0.15, 0.2) is 5.78 Å².